The minimum absolute atomic E-state index is 0.0182. The second-order valence-electron chi connectivity index (χ2n) is 11.6. The van der Waals surface area contributed by atoms with Crippen molar-refractivity contribution in [3.05, 3.63) is 60.6 Å². The molecule has 7 unspecified atom stereocenters. The van der Waals surface area contributed by atoms with E-state index in [0.29, 0.717) is 30.4 Å². The van der Waals surface area contributed by atoms with Crippen molar-refractivity contribution in [3.8, 4) is 0 Å². The predicted molar refractivity (Wildman–Crippen MR) is 144 cm³/mol. The van der Waals surface area contributed by atoms with E-state index in [1.165, 1.54) is 12.5 Å². The molecule has 0 radical (unpaired) electrons. The summed E-state index contributed by atoms with van der Waals surface area (Å²) in [5.74, 6) is 2.04. The number of allylic oxidation sites excluding steroid dienone is 6. The summed E-state index contributed by atoms with van der Waals surface area (Å²) in [5.41, 5.74) is 1.96. The van der Waals surface area contributed by atoms with Crippen LogP contribution >= 0.6 is 0 Å². The Balaban J connectivity index is 0.00000186. The van der Waals surface area contributed by atoms with Gasteiger partial charge in [-0.3, -0.25) is 9.59 Å². The Hall–Kier alpha value is -2.60. The third-order valence-electron chi connectivity index (χ3n) is 9.43. The fourth-order valence-corrected chi connectivity index (χ4v) is 7.92. The smallest absolute Gasteiger partial charge is 0.302 e. The lowest BCUT2D eigenvalue weighted by molar-refractivity contribution is -0.141. The van der Waals surface area contributed by atoms with Crippen molar-refractivity contribution < 1.29 is 29.3 Å². The van der Waals surface area contributed by atoms with E-state index in [0.717, 1.165) is 44.8 Å². The van der Waals surface area contributed by atoms with Gasteiger partial charge in [0.25, 0.3) is 0 Å². The molecule has 0 bridgehead atoms. The Labute approximate surface area is 221 Å². The molecule has 0 saturated heterocycles. The number of fused-ring (bicyclic) bond motifs is 5. The molecule has 2 N–H and O–H groups in total. The highest BCUT2D eigenvalue weighted by molar-refractivity contribution is 6.01. The SMILES string of the molecule is C=C(O)CCC(=C)OC1CC2(C)C(C(=C)COC(C)=O)CCC2C2CCC3=CC(=O)C=CC3(C)C12.CO. The van der Waals surface area contributed by atoms with Gasteiger partial charge >= 0.3 is 5.97 Å². The molecule has 204 valence electrons. The molecule has 4 aliphatic rings. The second kappa shape index (κ2) is 11.4. The van der Waals surface area contributed by atoms with Crippen LogP contribution in [-0.2, 0) is 19.1 Å². The van der Waals surface area contributed by atoms with Gasteiger partial charge in [0, 0.05) is 38.2 Å². The summed E-state index contributed by atoms with van der Waals surface area (Å²) in [5, 5.41) is 16.6. The molecular weight excluding hydrogens is 468 g/mol. The van der Waals surface area contributed by atoms with Crippen LogP contribution in [0.1, 0.15) is 65.7 Å². The van der Waals surface area contributed by atoms with E-state index < -0.39 is 0 Å². The van der Waals surface area contributed by atoms with Crippen LogP contribution in [0.3, 0.4) is 0 Å². The second-order valence-corrected chi connectivity index (χ2v) is 11.6. The van der Waals surface area contributed by atoms with Crippen LogP contribution in [0, 0.1) is 34.5 Å². The summed E-state index contributed by atoms with van der Waals surface area (Å²) in [6.07, 6.45) is 11.5. The maximum absolute atomic E-state index is 12.2. The van der Waals surface area contributed by atoms with Gasteiger partial charge in [0.2, 0.25) is 0 Å². The van der Waals surface area contributed by atoms with Crippen LogP contribution in [-0.4, -0.2) is 41.8 Å². The number of carbonyl (C=O) groups excluding carboxylic acids is 2. The van der Waals surface area contributed by atoms with Crippen molar-refractivity contribution in [2.24, 2.45) is 34.5 Å². The molecule has 0 aromatic rings. The third-order valence-corrected chi connectivity index (χ3v) is 9.43. The summed E-state index contributed by atoms with van der Waals surface area (Å²) < 4.78 is 12.0. The fourth-order valence-electron chi connectivity index (χ4n) is 7.92. The average molecular weight is 513 g/mol. The predicted octanol–water partition coefficient (Wildman–Crippen LogP) is 6.00. The van der Waals surface area contributed by atoms with Crippen LogP contribution in [0.4, 0.5) is 0 Å². The Morgan fingerprint density at radius 3 is 2.49 bits per heavy atom. The normalized spacial score (nSPS) is 35.5. The topological polar surface area (TPSA) is 93.1 Å². The number of esters is 1. The Morgan fingerprint density at radius 2 is 1.84 bits per heavy atom. The zero-order valence-electron chi connectivity index (χ0n) is 22.9. The number of carbonyl (C=O) groups is 2. The fraction of sp³-hybridized carbons (Fsp3) is 0.613. The molecule has 0 spiro atoms. The largest absolute Gasteiger partial charge is 0.513 e. The molecule has 0 aromatic carbocycles. The highest BCUT2D eigenvalue weighted by Gasteiger charge is 2.62. The van der Waals surface area contributed by atoms with E-state index in [9.17, 15) is 14.7 Å². The van der Waals surface area contributed by atoms with Crippen LogP contribution in [0.25, 0.3) is 0 Å². The first-order chi connectivity index (χ1) is 17.5. The van der Waals surface area contributed by atoms with Gasteiger partial charge in [0.15, 0.2) is 5.78 Å². The van der Waals surface area contributed by atoms with Crippen molar-refractivity contribution in [2.45, 2.75) is 71.8 Å². The molecule has 4 aliphatic carbocycles. The van der Waals surface area contributed by atoms with E-state index in [-0.39, 0.29) is 52.9 Å². The van der Waals surface area contributed by atoms with Crippen LogP contribution in [0.5, 0.6) is 0 Å². The van der Waals surface area contributed by atoms with Gasteiger partial charge < -0.3 is 19.7 Å². The average Bonchev–Trinajstić information content (AvgIpc) is 3.19. The molecule has 3 saturated carbocycles. The van der Waals surface area contributed by atoms with E-state index in [2.05, 4.69) is 39.7 Å². The molecule has 0 aromatic heterocycles. The number of ether oxygens (including phenoxy) is 2. The van der Waals surface area contributed by atoms with E-state index >= 15 is 0 Å². The van der Waals surface area contributed by atoms with Gasteiger partial charge in [-0.05, 0) is 73.0 Å². The molecule has 37 heavy (non-hydrogen) atoms. The van der Waals surface area contributed by atoms with Crippen molar-refractivity contribution in [3.63, 3.8) is 0 Å². The summed E-state index contributed by atoms with van der Waals surface area (Å²) in [6, 6.07) is 0. The quantitative estimate of drug-likeness (QED) is 0.235. The van der Waals surface area contributed by atoms with Gasteiger partial charge in [-0.2, -0.15) is 0 Å². The number of aliphatic hydroxyl groups is 2. The highest BCUT2D eigenvalue weighted by atomic mass is 16.5. The summed E-state index contributed by atoms with van der Waals surface area (Å²) >= 11 is 0. The minimum Gasteiger partial charge on any atom is -0.513 e. The molecule has 0 heterocycles. The van der Waals surface area contributed by atoms with Crippen molar-refractivity contribution in [1.82, 2.24) is 0 Å². The van der Waals surface area contributed by atoms with Crippen LogP contribution in [0.15, 0.2) is 60.6 Å². The molecule has 6 nitrogen and oxygen atoms in total. The Bertz CT molecular complexity index is 1010. The first-order valence-corrected chi connectivity index (χ1v) is 13.4. The molecule has 7 atom stereocenters. The molecule has 4 rings (SSSR count). The monoisotopic (exact) mass is 512 g/mol. The number of ketones is 1. The number of aliphatic hydroxyl groups excluding tert-OH is 2. The first kappa shape index (κ1) is 29.0. The van der Waals surface area contributed by atoms with Gasteiger partial charge in [-0.25, -0.2) is 0 Å². The van der Waals surface area contributed by atoms with Crippen molar-refractivity contribution in [2.75, 3.05) is 13.7 Å². The van der Waals surface area contributed by atoms with Crippen LogP contribution in [0.2, 0.25) is 0 Å². The van der Waals surface area contributed by atoms with E-state index in [1.54, 1.807) is 6.08 Å². The van der Waals surface area contributed by atoms with E-state index in [4.69, 9.17) is 14.6 Å². The van der Waals surface area contributed by atoms with Crippen LogP contribution < -0.4 is 0 Å². The lowest BCUT2D eigenvalue weighted by Gasteiger charge is -2.59. The minimum atomic E-state index is -0.282. The molecular formula is C31H44O6. The number of rotatable bonds is 8. The number of hydrogen-bond acceptors (Lipinski definition) is 6. The zero-order chi connectivity index (χ0) is 27.5. The maximum atomic E-state index is 12.2. The van der Waals surface area contributed by atoms with Gasteiger partial charge in [0.05, 0.1) is 11.5 Å². The molecule has 0 aliphatic heterocycles. The molecule has 6 heteroatoms. The summed E-state index contributed by atoms with van der Waals surface area (Å²) in [6.45, 7) is 18.4. The summed E-state index contributed by atoms with van der Waals surface area (Å²) in [4.78, 5) is 23.6. The van der Waals surface area contributed by atoms with E-state index in [1.807, 2.05) is 6.08 Å². The lowest BCUT2D eigenvalue weighted by atomic mass is 9.46. The summed E-state index contributed by atoms with van der Waals surface area (Å²) in [7, 11) is 1.00. The lowest BCUT2D eigenvalue weighted by Crippen LogP contribution is -2.56. The first-order valence-electron chi connectivity index (χ1n) is 13.4. The molecule has 3 fully saturated rings. The van der Waals surface area contributed by atoms with Crippen molar-refractivity contribution in [1.29, 1.82) is 0 Å². The Morgan fingerprint density at radius 1 is 1.14 bits per heavy atom. The standard InChI is InChI=1S/C30H40O5.CH4O/c1-18(17-34-21(4)32)25-11-12-26-24-10-9-22-15-23(33)13-14-29(22,5)28(24)27(16-30(25,26)6)35-20(3)8-7-19(2)31;1-2/h13-15,24-28,31H,1-3,7-12,16-17H2,4-6H3;2H,1H3. The van der Waals surface area contributed by atoms with Gasteiger partial charge in [-0.1, -0.05) is 45.2 Å². The van der Waals surface area contributed by atoms with Crippen molar-refractivity contribution >= 4 is 11.8 Å². The van der Waals surface area contributed by atoms with Gasteiger partial charge in [0.1, 0.15) is 12.7 Å². The van der Waals surface area contributed by atoms with Gasteiger partial charge in [-0.15, -0.1) is 0 Å². The highest BCUT2D eigenvalue weighted by Crippen LogP contribution is 2.67. The maximum Gasteiger partial charge on any atom is 0.302 e. The Kier molecular flexibility index (Phi) is 8.94. The zero-order valence-corrected chi connectivity index (χ0v) is 22.9. The third kappa shape index (κ3) is 5.64. The molecule has 0 amide bonds. The number of hydrogen-bond donors (Lipinski definition) is 2.